The molecule has 38 heavy (non-hydrogen) atoms. The Balaban J connectivity index is 1.80. The zero-order valence-corrected chi connectivity index (χ0v) is 20.9. The molecule has 0 spiro atoms. The van der Waals surface area contributed by atoms with Crippen LogP contribution in [0.1, 0.15) is 30.3 Å². The molecular formula is C32H25N3O3. The van der Waals surface area contributed by atoms with Crippen LogP contribution in [0.2, 0.25) is 0 Å². The van der Waals surface area contributed by atoms with Crippen molar-refractivity contribution in [3.8, 4) is 22.4 Å². The summed E-state index contributed by atoms with van der Waals surface area (Å²) in [4.78, 5) is 35.1. The van der Waals surface area contributed by atoms with Crippen LogP contribution in [0.15, 0.2) is 95.8 Å². The second-order valence-corrected chi connectivity index (χ2v) is 9.36. The fourth-order valence-corrected chi connectivity index (χ4v) is 5.11. The number of unbranched alkanes of at least 4 members (excludes halogenated alkanes) is 1. The molecule has 0 fully saturated rings. The average molecular weight is 500 g/mol. The van der Waals surface area contributed by atoms with E-state index in [4.69, 9.17) is 4.98 Å². The quantitative estimate of drug-likeness (QED) is 0.198. The first-order chi connectivity index (χ1) is 18.6. The molecule has 0 aliphatic carbocycles. The molecule has 6 heteroatoms. The molecule has 0 atom stereocenters. The molecule has 1 N–H and O–H groups in total. The Labute approximate surface area is 218 Å². The summed E-state index contributed by atoms with van der Waals surface area (Å²) in [6.07, 6.45) is 1.79. The number of hydrogen-bond acceptors (Lipinski definition) is 4. The third-order valence-electron chi connectivity index (χ3n) is 6.93. The van der Waals surface area contributed by atoms with Crippen LogP contribution < -0.4 is 5.56 Å². The highest BCUT2D eigenvalue weighted by molar-refractivity contribution is 6.11. The lowest BCUT2D eigenvalue weighted by Gasteiger charge is -2.20. The fourth-order valence-electron chi connectivity index (χ4n) is 5.11. The Bertz CT molecular complexity index is 1900. The van der Waals surface area contributed by atoms with E-state index in [1.807, 2.05) is 71.3 Å². The Morgan fingerprint density at radius 2 is 1.42 bits per heavy atom. The van der Waals surface area contributed by atoms with Crippen molar-refractivity contribution < 1.29 is 9.90 Å². The number of carboxylic acid groups (broad SMARTS) is 1. The number of carbonyl (C=O) groups is 1. The Morgan fingerprint density at radius 1 is 0.789 bits per heavy atom. The molecular weight excluding hydrogens is 474 g/mol. The number of nitrogens with zero attached hydrogens (tertiary/aromatic N) is 3. The van der Waals surface area contributed by atoms with Gasteiger partial charge < -0.3 is 9.67 Å². The molecule has 0 radical (unpaired) electrons. The minimum absolute atomic E-state index is 0.0587. The van der Waals surface area contributed by atoms with Crippen molar-refractivity contribution in [1.29, 1.82) is 0 Å². The summed E-state index contributed by atoms with van der Waals surface area (Å²) in [7, 11) is 0. The summed E-state index contributed by atoms with van der Waals surface area (Å²) in [5.74, 6) is -1.11. The topological polar surface area (TPSA) is 85.1 Å². The van der Waals surface area contributed by atoms with Gasteiger partial charge in [0.1, 0.15) is 11.2 Å². The third kappa shape index (κ3) is 3.91. The molecule has 0 unspecified atom stereocenters. The lowest BCUT2D eigenvalue weighted by Crippen LogP contribution is -2.24. The monoisotopic (exact) mass is 499 g/mol. The van der Waals surface area contributed by atoms with Crippen LogP contribution in [0.5, 0.6) is 0 Å². The van der Waals surface area contributed by atoms with Crippen molar-refractivity contribution in [1.82, 2.24) is 14.5 Å². The summed E-state index contributed by atoms with van der Waals surface area (Å²) in [5.41, 5.74) is 4.89. The van der Waals surface area contributed by atoms with Gasteiger partial charge in [0, 0.05) is 28.3 Å². The first kappa shape index (κ1) is 23.6. The molecule has 6 nitrogen and oxygen atoms in total. The zero-order valence-electron chi connectivity index (χ0n) is 20.9. The van der Waals surface area contributed by atoms with Gasteiger partial charge in [0.25, 0.3) is 5.56 Å². The summed E-state index contributed by atoms with van der Waals surface area (Å²) >= 11 is 0. The second-order valence-electron chi connectivity index (χ2n) is 9.36. The first-order valence-corrected chi connectivity index (χ1v) is 12.7. The van der Waals surface area contributed by atoms with E-state index >= 15 is 0 Å². The molecule has 0 aliphatic rings. The highest BCUT2D eigenvalue weighted by atomic mass is 16.4. The molecule has 6 aromatic rings. The van der Waals surface area contributed by atoms with E-state index in [0.717, 1.165) is 51.4 Å². The molecule has 186 valence electrons. The van der Waals surface area contributed by atoms with Gasteiger partial charge in [-0.3, -0.25) is 4.79 Å². The maximum atomic E-state index is 14.2. The van der Waals surface area contributed by atoms with Gasteiger partial charge in [-0.05, 0) is 29.7 Å². The molecule has 0 saturated heterocycles. The maximum Gasteiger partial charge on any atom is 0.354 e. The van der Waals surface area contributed by atoms with E-state index in [1.165, 1.54) is 6.07 Å². The van der Waals surface area contributed by atoms with Crippen LogP contribution in [0, 0.1) is 0 Å². The zero-order chi connectivity index (χ0) is 26.2. The Morgan fingerprint density at radius 3 is 2.11 bits per heavy atom. The van der Waals surface area contributed by atoms with Crippen LogP contribution in [-0.2, 0) is 6.54 Å². The van der Waals surface area contributed by atoms with Gasteiger partial charge in [0.15, 0.2) is 0 Å². The van der Waals surface area contributed by atoms with E-state index in [9.17, 15) is 14.7 Å². The molecule has 0 saturated carbocycles. The molecule has 3 aromatic carbocycles. The first-order valence-electron chi connectivity index (χ1n) is 12.7. The second kappa shape index (κ2) is 9.56. The van der Waals surface area contributed by atoms with E-state index in [0.29, 0.717) is 23.1 Å². The highest BCUT2D eigenvalue weighted by Gasteiger charge is 2.21. The van der Waals surface area contributed by atoms with Crippen LogP contribution >= 0.6 is 0 Å². The van der Waals surface area contributed by atoms with Gasteiger partial charge in [-0.15, -0.1) is 0 Å². The number of benzene rings is 3. The van der Waals surface area contributed by atoms with Crippen molar-refractivity contribution in [3.63, 3.8) is 0 Å². The predicted octanol–water partition coefficient (Wildman–Crippen LogP) is 6.93. The number of rotatable bonds is 6. The normalized spacial score (nSPS) is 11.4. The third-order valence-corrected chi connectivity index (χ3v) is 6.93. The van der Waals surface area contributed by atoms with E-state index < -0.39 is 5.97 Å². The molecule has 0 bridgehead atoms. The highest BCUT2D eigenvalue weighted by Crippen LogP contribution is 2.38. The number of aromatic nitrogens is 3. The number of pyridine rings is 3. The van der Waals surface area contributed by atoms with Crippen LogP contribution in [0.4, 0.5) is 0 Å². The summed E-state index contributed by atoms with van der Waals surface area (Å²) < 4.78 is 1.85. The van der Waals surface area contributed by atoms with Crippen LogP contribution in [-0.4, -0.2) is 25.6 Å². The van der Waals surface area contributed by atoms with Crippen molar-refractivity contribution in [3.05, 3.63) is 107 Å². The summed E-state index contributed by atoms with van der Waals surface area (Å²) in [6.45, 7) is 2.67. The fraction of sp³-hybridized carbons (Fsp3) is 0.125. The van der Waals surface area contributed by atoms with Crippen LogP contribution in [0.3, 0.4) is 0 Å². The van der Waals surface area contributed by atoms with E-state index in [1.54, 1.807) is 6.07 Å². The van der Waals surface area contributed by atoms with Gasteiger partial charge in [-0.25, -0.2) is 14.8 Å². The van der Waals surface area contributed by atoms with Crippen LogP contribution in [0.25, 0.3) is 55.1 Å². The molecule has 0 amide bonds. The minimum atomic E-state index is -1.11. The number of carboxylic acids is 1. The van der Waals surface area contributed by atoms with Crippen molar-refractivity contribution >= 4 is 38.7 Å². The van der Waals surface area contributed by atoms with Crippen molar-refractivity contribution in [2.45, 2.75) is 26.3 Å². The number of aromatic carboxylic acids is 1. The lowest BCUT2D eigenvalue weighted by molar-refractivity contribution is 0.0691. The summed E-state index contributed by atoms with van der Waals surface area (Å²) in [6, 6.07) is 29.2. The smallest absolute Gasteiger partial charge is 0.354 e. The van der Waals surface area contributed by atoms with Crippen molar-refractivity contribution in [2.24, 2.45) is 0 Å². The number of fused-ring (bicyclic) bond motifs is 4. The minimum Gasteiger partial charge on any atom is -0.477 e. The standard InChI is InChI=1S/C32H25N3O3/c1-2-3-18-35-30(22-12-8-5-9-13-22)26(20-10-6-4-7-11-20)24-19-23-15-14-21-16-17-25(32(37)38)33-27(21)28(23)34-29(24)31(35)36/h4-17,19H,2-3,18H2,1H3,(H,37,38). The maximum absolute atomic E-state index is 14.2. The number of hydrogen-bond donors (Lipinski definition) is 1. The van der Waals surface area contributed by atoms with E-state index in [2.05, 4.69) is 24.0 Å². The largest absolute Gasteiger partial charge is 0.477 e. The van der Waals surface area contributed by atoms with Gasteiger partial charge in [0.2, 0.25) is 0 Å². The lowest BCUT2D eigenvalue weighted by atomic mass is 9.94. The van der Waals surface area contributed by atoms with E-state index in [-0.39, 0.29) is 11.3 Å². The van der Waals surface area contributed by atoms with Gasteiger partial charge in [-0.2, -0.15) is 0 Å². The predicted molar refractivity (Wildman–Crippen MR) is 152 cm³/mol. The summed E-state index contributed by atoms with van der Waals surface area (Å²) in [5, 5.41) is 11.8. The van der Waals surface area contributed by atoms with Gasteiger partial charge in [-0.1, -0.05) is 92.2 Å². The molecule has 3 aromatic heterocycles. The molecule has 0 aliphatic heterocycles. The SMILES string of the molecule is CCCCn1c(-c2ccccc2)c(-c2ccccc2)c2cc3ccc4ccc(C(=O)O)nc4c3nc2c1=O. The van der Waals surface area contributed by atoms with Crippen molar-refractivity contribution in [2.75, 3.05) is 0 Å². The van der Waals surface area contributed by atoms with Gasteiger partial charge >= 0.3 is 5.97 Å². The molecule has 3 heterocycles. The van der Waals surface area contributed by atoms with Gasteiger partial charge in [0.05, 0.1) is 16.7 Å². The molecule has 6 rings (SSSR count). The Hall–Kier alpha value is -4.84. The Kier molecular flexibility index (Phi) is 5.92. The average Bonchev–Trinajstić information content (AvgIpc) is 2.96.